The Morgan fingerprint density at radius 3 is 2.55 bits per heavy atom. The Kier molecular flexibility index (Phi) is 3.44. The number of aromatic nitrogens is 1. The molecule has 3 heterocycles. The summed E-state index contributed by atoms with van der Waals surface area (Å²) in [6, 6.07) is 13.3. The Hall–Kier alpha value is -1.42. The summed E-state index contributed by atoms with van der Waals surface area (Å²) in [6.07, 6.45) is 0. The smallest absolute Gasteiger partial charge is 0.135 e. The second-order valence-electron chi connectivity index (χ2n) is 5.97. The Morgan fingerprint density at radius 2 is 1.86 bits per heavy atom. The topological polar surface area (TPSA) is 16.1 Å². The third-order valence-electron chi connectivity index (χ3n) is 4.48. The molecule has 2 nitrogen and oxygen atoms in total. The van der Waals surface area contributed by atoms with Crippen molar-refractivity contribution < 1.29 is 0 Å². The van der Waals surface area contributed by atoms with Crippen LogP contribution in [0.25, 0.3) is 10.2 Å². The van der Waals surface area contributed by atoms with Crippen molar-refractivity contribution in [3.05, 3.63) is 63.1 Å². The molecule has 0 spiro atoms. The van der Waals surface area contributed by atoms with E-state index in [4.69, 9.17) is 11.6 Å². The predicted molar refractivity (Wildman–Crippen MR) is 93.5 cm³/mol. The number of fused-ring (bicyclic) bond motifs is 2. The maximum atomic E-state index is 6.47. The molecular formula is C18H17ClN2S. The number of thiophene rings is 1. The lowest BCUT2D eigenvalue weighted by atomic mass is 10.1. The molecule has 0 unspecified atom stereocenters. The van der Waals surface area contributed by atoms with Gasteiger partial charge in [0.15, 0.2) is 0 Å². The van der Waals surface area contributed by atoms with Crippen molar-refractivity contribution in [1.82, 2.24) is 9.88 Å². The fraction of sp³-hybridized carbons (Fsp3) is 0.278. The van der Waals surface area contributed by atoms with Gasteiger partial charge in [-0.2, -0.15) is 0 Å². The van der Waals surface area contributed by atoms with E-state index in [0.29, 0.717) is 5.15 Å². The molecule has 0 saturated heterocycles. The van der Waals surface area contributed by atoms with Crippen LogP contribution in [-0.2, 0) is 13.1 Å². The van der Waals surface area contributed by atoms with Crippen LogP contribution >= 0.6 is 22.9 Å². The third-order valence-corrected chi connectivity index (χ3v) is 5.74. The molecule has 0 fully saturated rings. The number of hydrogen-bond acceptors (Lipinski definition) is 3. The van der Waals surface area contributed by atoms with Gasteiger partial charge in [0.05, 0.1) is 0 Å². The average molecular weight is 329 g/mol. The van der Waals surface area contributed by atoms with Gasteiger partial charge in [0.2, 0.25) is 0 Å². The second kappa shape index (κ2) is 5.34. The molecule has 0 saturated carbocycles. The highest BCUT2D eigenvalue weighted by atomic mass is 35.5. The van der Waals surface area contributed by atoms with Gasteiger partial charge in [-0.25, -0.2) is 4.98 Å². The Balaban J connectivity index is 1.68. The largest absolute Gasteiger partial charge is 0.288 e. The van der Waals surface area contributed by atoms with Crippen molar-refractivity contribution in [3.63, 3.8) is 0 Å². The number of hydrogen-bond donors (Lipinski definition) is 0. The third kappa shape index (κ3) is 2.34. The van der Waals surface area contributed by atoms with Gasteiger partial charge in [-0.1, -0.05) is 35.9 Å². The van der Waals surface area contributed by atoms with Crippen molar-refractivity contribution in [3.8, 4) is 0 Å². The minimum Gasteiger partial charge on any atom is -0.288 e. The lowest BCUT2D eigenvalue weighted by Gasteiger charge is -2.24. The van der Waals surface area contributed by atoms with E-state index in [1.54, 1.807) is 11.3 Å². The normalized spacial score (nSPS) is 16.1. The van der Waals surface area contributed by atoms with Crippen LogP contribution in [0.3, 0.4) is 0 Å². The fourth-order valence-electron chi connectivity index (χ4n) is 3.22. The number of rotatable bonds is 2. The van der Waals surface area contributed by atoms with Crippen molar-refractivity contribution in [2.24, 2.45) is 0 Å². The Morgan fingerprint density at radius 1 is 1.18 bits per heavy atom. The maximum absolute atomic E-state index is 6.47. The lowest BCUT2D eigenvalue weighted by molar-refractivity contribution is 0.215. The molecule has 0 amide bonds. The zero-order valence-electron chi connectivity index (χ0n) is 12.6. The first-order valence-electron chi connectivity index (χ1n) is 7.49. The summed E-state index contributed by atoms with van der Waals surface area (Å²) in [4.78, 5) is 9.36. The minimum atomic E-state index is 0.261. The van der Waals surface area contributed by atoms with Crippen LogP contribution < -0.4 is 0 Å². The molecule has 3 aromatic rings. The zero-order chi connectivity index (χ0) is 15.3. The number of benzene rings is 1. The summed E-state index contributed by atoms with van der Waals surface area (Å²) in [6.45, 7) is 6.29. The minimum absolute atomic E-state index is 0.261. The zero-order valence-corrected chi connectivity index (χ0v) is 14.2. The van der Waals surface area contributed by atoms with E-state index in [9.17, 15) is 0 Å². The highest BCUT2D eigenvalue weighted by Crippen LogP contribution is 2.36. The molecule has 1 aromatic carbocycles. The van der Waals surface area contributed by atoms with Gasteiger partial charge in [-0.05, 0) is 37.1 Å². The van der Waals surface area contributed by atoms with Crippen molar-refractivity contribution in [2.75, 3.05) is 0 Å². The number of pyridine rings is 1. The summed E-state index contributed by atoms with van der Waals surface area (Å²) in [5, 5.41) is 1.84. The quantitative estimate of drug-likeness (QED) is 0.591. The summed E-state index contributed by atoms with van der Waals surface area (Å²) in [5.41, 5.74) is 3.97. The lowest BCUT2D eigenvalue weighted by Crippen LogP contribution is -2.21. The predicted octanol–water partition coefficient (Wildman–Crippen LogP) is 5.33. The van der Waals surface area contributed by atoms with E-state index < -0.39 is 0 Å². The van der Waals surface area contributed by atoms with Gasteiger partial charge < -0.3 is 0 Å². The van der Waals surface area contributed by atoms with E-state index in [1.165, 1.54) is 21.4 Å². The number of halogens is 1. The molecule has 1 atom stereocenters. The Bertz CT molecular complexity index is 830. The molecule has 0 aliphatic carbocycles. The summed E-state index contributed by atoms with van der Waals surface area (Å²) >= 11 is 8.17. The van der Waals surface area contributed by atoms with Crippen molar-refractivity contribution in [1.29, 1.82) is 0 Å². The van der Waals surface area contributed by atoms with E-state index in [2.05, 4.69) is 60.1 Å². The summed E-state index contributed by atoms with van der Waals surface area (Å²) in [5.74, 6) is 0. The number of aryl methyl sites for hydroxylation is 1. The van der Waals surface area contributed by atoms with Crippen LogP contribution in [0.5, 0.6) is 0 Å². The van der Waals surface area contributed by atoms with Gasteiger partial charge in [0.25, 0.3) is 0 Å². The molecule has 112 valence electrons. The second-order valence-corrected chi connectivity index (χ2v) is 7.56. The van der Waals surface area contributed by atoms with Crippen LogP contribution in [0.1, 0.15) is 34.5 Å². The van der Waals surface area contributed by atoms with Crippen LogP contribution in [0.4, 0.5) is 0 Å². The molecule has 1 aliphatic heterocycles. The van der Waals surface area contributed by atoms with E-state index in [-0.39, 0.29) is 6.04 Å². The van der Waals surface area contributed by atoms with Crippen LogP contribution in [0.15, 0.2) is 36.4 Å². The highest BCUT2D eigenvalue weighted by molar-refractivity contribution is 7.18. The highest BCUT2D eigenvalue weighted by Gasteiger charge is 2.25. The molecule has 2 aromatic heterocycles. The first-order chi connectivity index (χ1) is 10.6. The summed E-state index contributed by atoms with van der Waals surface area (Å²) in [7, 11) is 0. The molecule has 1 aliphatic rings. The molecule has 4 heteroatoms. The van der Waals surface area contributed by atoms with Crippen molar-refractivity contribution >= 4 is 33.2 Å². The molecular weight excluding hydrogens is 312 g/mol. The van der Waals surface area contributed by atoms with Gasteiger partial charge in [-0.15, -0.1) is 11.3 Å². The van der Waals surface area contributed by atoms with E-state index >= 15 is 0 Å². The van der Waals surface area contributed by atoms with E-state index in [1.807, 2.05) is 0 Å². The first-order valence-corrected chi connectivity index (χ1v) is 8.68. The van der Waals surface area contributed by atoms with Crippen LogP contribution in [0.2, 0.25) is 5.15 Å². The maximum Gasteiger partial charge on any atom is 0.135 e. The molecule has 4 rings (SSSR count). The Labute approximate surface area is 139 Å². The molecule has 0 N–H and O–H groups in total. The monoisotopic (exact) mass is 328 g/mol. The average Bonchev–Trinajstić information content (AvgIpc) is 3.07. The van der Waals surface area contributed by atoms with E-state index in [0.717, 1.165) is 23.5 Å². The van der Waals surface area contributed by atoms with Crippen LogP contribution in [-0.4, -0.2) is 9.88 Å². The molecule has 0 bridgehead atoms. The SMILES string of the molecule is Cc1cc2cc([C@H](C)N3Cc4ccccc4C3)c(Cl)nc2s1. The first kappa shape index (κ1) is 14.2. The van der Waals surface area contributed by atoms with Gasteiger partial charge in [0, 0.05) is 35.0 Å². The fourth-order valence-corrected chi connectivity index (χ4v) is 4.43. The van der Waals surface area contributed by atoms with Gasteiger partial charge in [-0.3, -0.25) is 4.90 Å². The van der Waals surface area contributed by atoms with Gasteiger partial charge in [0.1, 0.15) is 9.98 Å². The van der Waals surface area contributed by atoms with Crippen molar-refractivity contribution in [2.45, 2.75) is 33.0 Å². The van der Waals surface area contributed by atoms with Crippen LogP contribution in [0, 0.1) is 6.92 Å². The summed E-state index contributed by atoms with van der Waals surface area (Å²) < 4.78 is 0. The molecule has 0 radical (unpaired) electrons. The van der Waals surface area contributed by atoms with Gasteiger partial charge >= 0.3 is 0 Å². The number of nitrogens with zero attached hydrogens (tertiary/aromatic N) is 2. The molecule has 22 heavy (non-hydrogen) atoms. The standard InChI is InChI=1S/C18H17ClN2S/c1-11-7-15-8-16(17(19)20-18(15)22-11)12(2)21-9-13-5-3-4-6-14(13)10-21/h3-8,12H,9-10H2,1-2H3/t12-/m0/s1.